The van der Waals surface area contributed by atoms with Gasteiger partial charge in [-0.1, -0.05) is 24.6 Å². The number of alkyl halides is 3. The number of carbonyl (C=O) groups is 2. The van der Waals surface area contributed by atoms with Gasteiger partial charge in [-0.3, -0.25) is 14.6 Å². The summed E-state index contributed by atoms with van der Waals surface area (Å²) in [4.78, 5) is 42.2. The third-order valence-corrected chi connectivity index (χ3v) is 6.85. The molecule has 0 radical (unpaired) electrons. The number of thiazole rings is 1. The van der Waals surface area contributed by atoms with E-state index in [-0.39, 0.29) is 10.7 Å². The number of hydrogen-bond donors (Lipinski definition) is 2. The van der Waals surface area contributed by atoms with Crippen molar-refractivity contribution >= 4 is 46.3 Å². The van der Waals surface area contributed by atoms with Crippen LogP contribution < -0.4 is 15.4 Å². The average Bonchev–Trinajstić information content (AvgIpc) is 3.44. The van der Waals surface area contributed by atoms with Crippen LogP contribution in [-0.2, 0) is 11.0 Å². The Morgan fingerprint density at radius 1 is 1.22 bits per heavy atom. The van der Waals surface area contributed by atoms with E-state index in [2.05, 4.69) is 30.6 Å². The van der Waals surface area contributed by atoms with Gasteiger partial charge in [-0.15, -0.1) is 11.3 Å². The number of rotatable bonds is 10. The van der Waals surface area contributed by atoms with Gasteiger partial charge in [0.05, 0.1) is 35.6 Å². The highest BCUT2D eigenvalue weighted by molar-refractivity contribution is 7.13. The van der Waals surface area contributed by atoms with Gasteiger partial charge in [-0.25, -0.2) is 15.0 Å². The molecule has 41 heavy (non-hydrogen) atoms. The molecule has 216 valence electrons. The Hall–Kier alpha value is -4.10. The third kappa shape index (κ3) is 8.69. The molecule has 0 aliphatic carbocycles. The highest BCUT2D eigenvalue weighted by Gasteiger charge is 2.34. The van der Waals surface area contributed by atoms with Crippen LogP contribution in [0.5, 0.6) is 5.88 Å². The van der Waals surface area contributed by atoms with E-state index in [4.69, 9.17) is 16.3 Å². The molecule has 9 nitrogen and oxygen atoms in total. The van der Waals surface area contributed by atoms with Crippen LogP contribution >= 0.6 is 22.9 Å². The molecule has 0 saturated carbocycles. The molecule has 0 aliphatic rings. The van der Waals surface area contributed by atoms with Crippen molar-refractivity contribution in [2.75, 3.05) is 12.4 Å². The summed E-state index contributed by atoms with van der Waals surface area (Å²) in [7, 11) is 1.50. The summed E-state index contributed by atoms with van der Waals surface area (Å²) < 4.78 is 44.5. The predicted octanol–water partition coefficient (Wildman–Crippen LogP) is 6.40. The Morgan fingerprint density at radius 2 is 1.98 bits per heavy atom. The standard InChI is InChI=1S/C27H26ClF3N6O3S/c1-5-6-8-32-20(17-7-9-33-23(11-17)40-4)10-15(2)24(38)36-16(3)26-35-14-21(41-26)25(39)37-22-12-18(27(29,30)31)19(28)13-34-22/h6-14,16H,5H2,1-4H3,(H,36,38)(H,34,37,39)/b8-6+,15-10+,32-20-. The molecular formula is C27H26ClF3N6O3S. The van der Waals surface area contributed by atoms with Gasteiger partial charge in [0, 0.05) is 35.8 Å². The van der Waals surface area contributed by atoms with Crippen LogP contribution in [0, 0.1) is 0 Å². The van der Waals surface area contributed by atoms with Crippen molar-refractivity contribution in [1.82, 2.24) is 20.3 Å². The van der Waals surface area contributed by atoms with Gasteiger partial charge in [0.15, 0.2) is 0 Å². The van der Waals surface area contributed by atoms with E-state index in [1.54, 1.807) is 44.5 Å². The van der Waals surface area contributed by atoms with Crippen LogP contribution in [0.2, 0.25) is 5.02 Å². The number of aliphatic imine (C=N–C) groups is 1. The van der Waals surface area contributed by atoms with E-state index in [0.717, 1.165) is 24.0 Å². The Labute approximate surface area is 243 Å². The number of nitrogens with one attached hydrogen (secondary N) is 2. The first-order valence-corrected chi connectivity index (χ1v) is 13.3. The summed E-state index contributed by atoms with van der Waals surface area (Å²) in [5.74, 6) is -1.02. The number of carbonyl (C=O) groups excluding carboxylic acids is 2. The van der Waals surface area contributed by atoms with Gasteiger partial charge >= 0.3 is 6.18 Å². The molecule has 1 unspecified atom stereocenters. The number of allylic oxidation sites excluding steroid dienone is 2. The molecule has 2 amide bonds. The maximum atomic E-state index is 13.1. The number of methoxy groups -OCH3 is 1. The maximum absolute atomic E-state index is 13.1. The zero-order valence-electron chi connectivity index (χ0n) is 22.4. The molecule has 0 aliphatic heterocycles. The molecule has 3 rings (SSSR count). The van der Waals surface area contributed by atoms with Crippen molar-refractivity contribution < 1.29 is 27.5 Å². The lowest BCUT2D eigenvalue weighted by atomic mass is 10.1. The zero-order valence-corrected chi connectivity index (χ0v) is 24.0. The summed E-state index contributed by atoms with van der Waals surface area (Å²) in [6.07, 6.45) is 4.89. The van der Waals surface area contributed by atoms with Gasteiger partial charge in [-0.05, 0) is 38.5 Å². The highest BCUT2D eigenvalue weighted by atomic mass is 35.5. The van der Waals surface area contributed by atoms with Gasteiger partial charge < -0.3 is 15.4 Å². The molecule has 0 saturated heterocycles. The van der Waals surface area contributed by atoms with Crippen molar-refractivity contribution in [3.8, 4) is 5.88 Å². The van der Waals surface area contributed by atoms with Gasteiger partial charge in [-0.2, -0.15) is 13.2 Å². The highest BCUT2D eigenvalue weighted by Crippen LogP contribution is 2.35. The molecule has 0 fully saturated rings. The van der Waals surface area contributed by atoms with Gasteiger partial charge in [0.2, 0.25) is 11.8 Å². The average molecular weight is 607 g/mol. The van der Waals surface area contributed by atoms with E-state index in [0.29, 0.717) is 33.8 Å². The molecule has 1 atom stereocenters. The molecule has 3 aromatic heterocycles. The van der Waals surface area contributed by atoms with Crippen LogP contribution in [0.15, 0.2) is 65.7 Å². The second-order valence-electron chi connectivity index (χ2n) is 8.48. The van der Waals surface area contributed by atoms with Crippen molar-refractivity contribution in [2.45, 2.75) is 39.4 Å². The zero-order chi connectivity index (χ0) is 30.2. The number of nitrogens with zero attached hydrogens (tertiary/aromatic N) is 4. The molecular weight excluding hydrogens is 581 g/mol. The monoisotopic (exact) mass is 606 g/mol. The number of anilines is 1. The fraction of sp³-hybridized carbons (Fsp3) is 0.259. The first-order chi connectivity index (χ1) is 19.4. The molecule has 0 bridgehead atoms. The lowest BCUT2D eigenvalue weighted by Crippen LogP contribution is -2.27. The Bertz CT molecular complexity index is 1500. The minimum Gasteiger partial charge on any atom is -0.481 e. The lowest BCUT2D eigenvalue weighted by Gasteiger charge is -2.12. The SMILES string of the molecule is CC/C=C/N=C(/C=C(\C)C(=O)NC(C)c1ncc(C(=O)Nc2cc(C(F)(F)F)c(Cl)cn2)s1)c1ccnc(OC)c1. The van der Waals surface area contributed by atoms with E-state index in [1.807, 2.05) is 13.0 Å². The minimum absolute atomic E-state index is 0.113. The summed E-state index contributed by atoms with van der Waals surface area (Å²) in [5.41, 5.74) is 0.464. The second-order valence-corrected chi connectivity index (χ2v) is 9.95. The molecule has 3 heterocycles. The molecule has 3 aromatic rings. The lowest BCUT2D eigenvalue weighted by molar-refractivity contribution is -0.137. The molecule has 14 heteroatoms. The molecule has 2 N–H and O–H groups in total. The smallest absolute Gasteiger partial charge is 0.418 e. The number of ether oxygens (including phenoxy) is 1. The van der Waals surface area contributed by atoms with Crippen LogP contribution in [0.4, 0.5) is 19.0 Å². The van der Waals surface area contributed by atoms with E-state index in [1.165, 1.54) is 13.3 Å². The van der Waals surface area contributed by atoms with Crippen LogP contribution in [0.3, 0.4) is 0 Å². The van der Waals surface area contributed by atoms with Crippen molar-refractivity contribution in [3.05, 3.63) is 86.7 Å². The number of hydrogen-bond acceptors (Lipinski definition) is 8. The van der Waals surface area contributed by atoms with Crippen molar-refractivity contribution in [1.29, 1.82) is 0 Å². The molecule has 0 aromatic carbocycles. The largest absolute Gasteiger partial charge is 0.481 e. The topological polar surface area (TPSA) is 118 Å². The fourth-order valence-electron chi connectivity index (χ4n) is 3.25. The number of aromatic nitrogens is 3. The Morgan fingerprint density at radius 3 is 2.66 bits per heavy atom. The van der Waals surface area contributed by atoms with Crippen LogP contribution in [0.1, 0.15) is 59.0 Å². The van der Waals surface area contributed by atoms with Crippen molar-refractivity contribution in [3.63, 3.8) is 0 Å². The predicted molar refractivity (Wildman–Crippen MR) is 151 cm³/mol. The second kappa shape index (κ2) is 14.0. The fourth-order valence-corrected chi connectivity index (χ4v) is 4.28. The summed E-state index contributed by atoms with van der Waals surface area (Å²) >= 11 is 6.55. The Kier molecular flexibility index (Phi) is 10.7. The van der Waals surface area contributed by atoms with Crippen LogP contribution in [0.25, 0.3) is 0 Å². The maximum Gasteiger partial charge on any atom is 0.418 e. The summed E-state index contributed by atoms with van der Waals surface area (Å²) in [6.45, 7) is 5.30. The number of halogens is 4. The first kappa shape index (κ1) is 31.4. The third-order valence-electron chi connectivity index (χ3n) is 5.37. The van der Waals surface area contributed by atoms with Crippen LogP contribution in [-0.4, -0.2) is 39.6 Å². The van der Waals surface area contributed by atoms with E-state index >= 15 is 0 Å². The number of pyridine rings is 2. The number of amides is 2. The van der Waals surface area contributed by atoms with Crippen molar-refractivity contribution in [2.24, 2.45) is 4.99 Å². The molecule has 0 spiro atoms. The van der Waals surface area contributed by atoms with E-state index in [9.17, 15) is 22.8 Å². The van der Waals surface area contributed by atoms with Gasteiger partial charge in [0.25, 0.3) is 5.91 Å². The Balaban J connectivity index is 1.72. The van der Waals surface area contributed by atoms with E-state index < -0.39 is 34.6 Å². The summed E-state index contributed by atoms with van der Waals surface area (Å²) in [5, 5.41) is 4.96. The van der Waals surface area contributed by atoms with Gasteiger partial charge in [0.1, 0.15) is 15.7 Å². The summed E-state index contributed by atoms with van der Waals surface area (Å²) in [6, 6.07) is 3.52. The minimum atomic E-state index is -4.71. The first-order valence-electron chi connectivity index (χ1n) is 12.1. The quantitative estimate of drug-likeness (QED) is 0.204. The normalized spacial score (nSPS) is 13.3.